The van der Waals surface area contributed by atoms with Gasteiger partial charge in [0.1, 0.15) is 11.5 Å². The van der Waals surface area contributed by atoms with Crippen LogP contribution in [0.1, 0.15) is 19.6 Å². The molecule has 0 unspecified atom stereocenters. The van der Waals surface area contributed by atoms with E-state index in [0.29, 0.717) is 16.7 Å². The molecule has 4 nitrogen and oxygen atoms in total. The molecule has 2 heterocycles. The van der Waals surface area contributed by atoms with Crippen molar-refractivity contribution in [2.75, 3.05) is 0 Å². The Balaban J connectivity index is 2.17. The molecule has 1 aromatic heterocycles. The van der Waals surface area contributed by atoms with Gasteiger partial charge in [0.25, 0.3) is 5.23 Å². The Morgan fingerprint density at radius 1 is 1.56 bits per heavy atom. The zero-order valence-corrected chi connectivity index (χ0v) is 9.78. The van der Waals surface area contributed by atoms with E-state index in [-0.39, 0.29) is 11.2 Å². The van der Waals surface area contributed by atoms with Crippen molar-refractivity contribution >= 4 is 28.2 Å². The molecule has 1 aliphatic rings. The topological polar surface area (TPSA) is 51.8 Å². The van der Waals surface area contributed by atoms with Crippen LogP contribution in [0.2, 0.25) is 0 Å². The molecule has 0 radical (unpaired) electrons. The number of furan rings is 1. The summed E-state index contributed by atoms with van der Waals surface area (Å²) < 4.78 is 10.5. The Hall–Kier alpha value is -1.49. The van der Waals surface area contributed by atoms with Crippen molar-refractivity contribution in [2.45, 2.75) is 20.0 Å². The summed E-state index contributed by atoms with van der Waals surface area (Å²) >= 11 is 1.00. The van der Waals surface area contributed by atoms with Crippen molar-refractivity contribution in [3.05, 3.63) is 29.9 Å². The lowest BCUT2D eigenvalue weighted by Gasteiger charge is -2.05. The predicted molar refractivity (Wildman–Crippen MR) is 62.9 cm³/mol. The van der Waals surface area contributed by atoms with Crippen molar-refractivity contribution in [3.8, 4) is 0 Å². The molecule has 0 atom stereocenters. The summed E-state index contributed by atoms with van der Waals surface area (Å²) in [6, 6.07) is 3.52. The number of carbonyl (C=O) groups is 1. The van der Waals surface area contributed by atoms with E-state index in [1.165, 1.54) is 0 Å². The van der Waals surface area contributed by atoms with Crippen molar-refractivity contribution in [2.24, 2.45) is 4.99 Å². The Kier molecular flexibility index (Phi) is 3.14. The third-order valence-electron chi connectivity index (χ3n) is 1.76. The molecule has 0 bridgehead atoms. The van der Waals surface area contributed by atoms with Crippen LogP contribution in [0, 0.1) is 0 Å². The van der Waals surface area contributed by atoms with Gasteiger partial charge in [-0.15, -0.1) is 0 Å². The fourth-order valence-corrected chi connectivity index (χ4v) is 1.90. The van der Waals surface area contributed by atoms with E-state index in [1.807, 2.05) is 13.8 Å². The van der Waals surface area contributed by atoms with E-state index in [4.69, 9.17) is 9.15 Å². The second-order valence-electron chi connectivity index (χ2n) is 3.48. The molecule has 0 saturated carbocycles. The van der Waals surface area contributed by atoms with Crippen LogP contribution in [0.4, 0.5) is 0 Å². The van der Waals surface area contributed by atoms with Crippen LogP contribution in [-0.4, -0.2) is 16.4 Å². The lowest BCUT2D eigenvalue weighted by molar-refractivity contribution is -0.107. The largest absolute Gasteiger partial charge is 0.470 e. The summed E-state index contributed by atoms with van der Waals surface area (Å²) in [6.45, 7) is 3.78. The van der Waals surface area contributed by atoms with Crippen LogP contribution in [-0.2, 0) is 9.53 Å². The van der Waals surface area contributed by atoms with Crippen LogP contribution in [0.15, 0.2) is 33.5 Å². The number of carbonyl (C=O) groups excluding carboxylic acids is 1. The first-order valence-electron chi connectivity index (χ1n) is 4.88. The minimum atomic E-state index is -0.118. The fourth-order valence-electron chi connectivity index (χ4n) is 1.15. The molecular formula is C11H11NO3S. The van der Waals surface area contributed by atoms with Gasteiger partial charge in [0.05, 0.1) is 12.4 Å². The van der Waals surface area contributed by atoms with E-state index in [0.717, 1.165) is 11.8 Å². The van der Waals surface area contributed by atoms with Gasteiger partial charge < -0.3 is 9.15 Å². The maximum Gasteiger partial charge on any atom is 0.259 e. The fraction of sp³-hybridized carbons (Fsp3) is 0.273. The van der Waals surface area contributed by atoms with E-state index in [9.17, 15) is 4.79 Å². The summed E-state index contributed by atoms with van der Waals surface area (Å²) in [5.41, 5.74) is 0.357. The first-order valence-corrected chi connectivity index (χ1v) is 5.69. The Morgan fingerprint density at radius 2 is 2.38 bits per heavy atom. The van der Waals surface area contributed by atoms with Gasteiger partial charge in [-0.1, -0.05) is 0 Å². The number of hydrogen-bond donors (Lipinski definition) is 0. The minimum Gasteiger partial charge on any atom is -0.470 e. The zero-order chi connectivity index (χ0) is 11.5. The summed E-state index contributed by atoms with van der Waals surface area (Å²) in [6.07, 6.45) is 3.17. The van der Waals surface area contributed by atoms with Crippen LogP contribution in [0.25, 0.3) is 6.08 Å². The molecule has 16 heavy (non-hydrogen) atoms. The van der Waals surface area contributed by atoms with Crippen LogP contribution < -0.4 is 0 Å². The van der Waals surface area contributed by atoms with Crippen LogP contribution in [0.5, 0.6) is 0 Å². The number of ether oxygens (including phenoxy) is 1. The third-order valence-corrected chi connectivity index (χ3v) is 2.52. The average molecular weight is 237 g/mol. The first-order chi connectivity index (χ1) is 7.65. The smallest absolute Gasteiger partial charge is 0.259 e. The number of aliphatic imine (C=N–C) groups is 1. The molecular weight excluding hydrogens is 226 g/mol. The van der Waals surface area contributed by atoms with Gasteiger partial charge in [0.2, 0.25) is 5.12 Å². The SMILES string of the molecule is CC(C)OC1=N/C(=C/c2ccco2)C(=O)S1. The van der Waals surface area contributed by atoms with E-state index >= 15 is 0 Å². The standard InChI is InChI=1S/C11H11NO3S/c1-7(2)15-11-12-9(10(13)16-11)6-8-4-3-5-14-8/h3-7H,1-2H3/b9-6+. The number of nitrogens with zero attached hydrogens (tertiary/aromatic N) is 1. The maximum atomic E-state index is 11.6. The first kappa shape index (κ1) is 11.0. The average Bonchev–Trinajstić information content (AvgIpc) is 2.77. The highest BCUT2D eigenvalue weighted by molar-refractivity contribution is 8.26. The van der Waals surface area contributed by atoms with Crippen LogP contribution in [0.3, 0.4) is 0 Å². The molecule has 0 spiro atoms. The molecule has 0 amide bonds. The number of thioether (sulfide) groups is 1. The Labute approximate surface area is 97.4 Å². The van der Waals surface area contributed by atoms with Gasteiger partial charge in [-0.2, -0.15) is 0 Å². The molecule has 0 aromatic carbocycles. The Morgan fingerprint density at radius 3 is 3.00 bits per heavy atom. The summed E-state index contributed by atoms with van der Waals surface area (Å²) in [5.74, 6) is 0.610. The van der Waals surface area contributed by atoms with Gasteiger partial charge in [-0.3, -0.25) is 4.79 Å². The minimum absolute atomic E-state index is 0.0158. The van der Waals surface area contributed by atoms with Crippen LogP contribution >= 0.6 is 11.8 Å². The molecule has 1 aromatic rings. The number of rotatable bonds is 2. The summed E-state index contributed by atoms with van der Waals surface area (Å²) in [4.78, 5) is 15.6. The predicted octanol–water partition coefficient (Wildman–Crippen LogP) is 2.67. The van der Waals surface area contributed by atoms with Crippen molar-refractivity contribution in [1.29, 1.82) is 0 Å². The second-order valence-corrected chi connectivity index (χ2v) is 4.40. The van der Waals surface area contributed by atoms with E-state index in [1.54, 1.807) is 24.5 Å². The molecule has 0 saturated heterocycles. The van der Waals surface area contributed by atoms with Gasteiger partial charge in [0.15, 0.2) is 0 Å². The van der Waals surface area contributed by atoms with Gasteiger partial charge in [-0.25, -0.2) is 4.99 Å². The highest BCUT2D eigenvalue weighted by Crippen LogP contribution is 2.26. The highest BCUT2D eigenvalue weighted by atomic mass is 32.2. The quantitative estimate of drug-likeness (QED) is 0.742. The summed E-state index contributed by atoms with van der Waals surface area (Å²) in [5, 5.41) is 0.282. The Bertz CT molecular complexity index is 446. The molecule has 0 N–H and O–H groups in total. The molecule has 2 rings (SSSR count). The van der Waals surface area contributed by atoms with Gasteiger partial charge >= 0.3 is 0 Å². The zero-order valence-electron chi connectivity index (χ0n) is 8.97. The molecule has 1 aliphatic heterocycles. The van der Waals surface area contributed by atoms with Gasteiger partial charge in [-0.05, 0) is 26.0 Å². The lowest BCUT2D eigenvalue weighted by Crippen LogP contribution is -2.06. The summed E-state index contributed by atoms with van der Waals surface area (Å²) in [7, 11) is 0. The number of hydrogen-bond acceptors (Lipinski definition) is 5. The van der Waals surface area contributed by atoms with Gasteiger partial charge in [0, 0.05) is 17.8 Å². The molecule has 5 heteroatoms. The van der Waals surface area contributed by atoms with Crippen molar-refractivity contribution in [1.82, 2.24) is 0 Å². The molecule has 0 fully saturated rings. The van der Waals surface area contributed by atoms with E-state index in [2.05, 4.69) is 4.99 Å². The van der Waals surface area contributed by atoms with Crippen molar-refractivity contribution < 1.29 is 13.9 Å². The lowest BCUT2D eigenvalue weighted by atomic mass is 10.3. The highest BCUT2D eigenvalue weighted by Gasteiger charge is 2.24. The van der Waals surface area contributed by atoms with Crippen molar-refractivity contribution in [3.63, 3.8) is 0 Å². The normalized spacial score (nSPS) is 18.3. The third kappa shape index (κ3) is 2.55. The van der Waals surface area contributed by atoms with E-state index < -0.39 is 0 Å². The maximum absolute atomic E-state index is 11.6. The monoisotopic (exact) mass is 237 g/mol. The second kappa shape index (κ2) is 4.57. The molecule has 0 aliphatic carbocycles. The molecule has 84 valence electrons.